The number of carbonyl (C=O) groups is 2. The zero-order chi connectivity index (χ0) is 34.5. The lowest BCUT2D eigenvalue weighted by Gasteiger charge is -2.17. The van der Waals surface area contributed by atoms with E-state index in [0.717, 1.165) is 44.9 Å². The maximum Gasteiger partial charge on any atom is 0.306 e. The molecular weight excluding hydrogens is 612 g/mol. The van der Waals surface area contributed by atoms with Crippen molar-refractivity contribution in [3.8, 4) is 44.9 Å². The van der Waals surface area contributed by atoms with Crippen molar-refractivity contribution in [2.24, 2.45) is 0 Å². The predicted molar refractivity (Wildman–Crippen MR) is 185 cm³/mol. The van der Waals surface area contributed by atoms with Gasteiger partial charge < -0.3 is 40.5 Å². The smallest absolute Gasteiger partial charge is 0.306 e. The zero-order valence-corrected chi connectivity index (χ0v) is 27.3. The first kappa shape index (κ1) is 36.1. The highest BCUT2D eigenvalue weighted by atomic mass is 16.5. The van der Waals surface area contributed by atoms with Crippen LogP contribution in [0.2, 0.25) is 0 Å². The van der Waals surface area contributed by atoms with Crippen molar-refractivity contribution < 1.29 is 39.5 Å². The van der Waals surface area contributed by atoms with Gasteiger partial charge in [-0.3, -0.25) is 9.59 Å². The first-order valence-electron chi connectivity index (χ1n) is 16.0. The largest absolute Gasteiger partial charge is 0.492 e. The molecule has 0 aromatic heterocycles. The van der Waals surface area contributed by atoms with Gasteiger partial charge in [-0.15, -0.1) is 0 Å². The minimum Gasteiger partial charge on any atom is -0.492 e. The van der Waals surface area contributed by atoms with Crippen LogP contribution in [-0.4, -0.2) is 84.0 Å². The molecule has 0 heterocycles. The third-order valence-electron chi connectivity index (χ3n) is 7.96. The Bertz CT molecular complexity index is 1520. The van der Waals surface area contributed by atoms with E-state index in [1.807, 2.05) is 48.5 Å². The van der Waals surface area contributed by atoms with Crippen molar-refractivity contribution in [2.45, 2.75) is 38.9 Å². The number of carboxylic acid groups (broad SMARTS) is 2. The SMILES string of the molecule is Cc1c(-c2ccc(OCCNC[C@@H](O)CC(=O)O)cc2)cccc1-c1cccc(-c2ccc(OCCNC[C@@H](O)CC(=O)O)cc2)c1C. The lowest BCUT2D eigenvalue weighted by atomic mass is 9.88. The van der Waals surface area contributed by atoms with Gasteiger partial charge in [-0.1, -0.05) is 60.7 Å². The molecule has 0 saturated heterocycles. The molecule has 4 aromatic rings. The molecule has 4 aromatic carbocycles. The lowest BCUT2D eigenvalue weighted by molar-refractivity contribution is -0.140. The highest BCUT2D eigenvalue weighted by molar-refractivity contribution is 5.83. The number of hydrogen-bond donors (Lipinski definition) is 6. The van der Waals surface area contributed by atoms with Crippen molar-refractivity contribution in [3.05, 3.63) is 96.1 Å². The molecule has 0 unspecified atom stereocenters. The number of rotatable bonds is 19. The van der Waals surface area contributed by atoms with Crippen molar-refractivity contribution in [3.63, 3.8) is 0 Å². The Hall–Kier alpha value is -4.74. The summed E-state index contributed by atoms with van der Waals surface area (Å²) in [5.41, 5.74) is 9.07. The number of benzene rings is 4. The fraction of sp³-hybridized carbons (Fsp3) is 0.316. The molecule has 2 atom stereocenters. The summed E-state index contributed by atoms with van der Waals surface area (Å²) in [4.78, 5) is 21.3. The van der Waals surface area contributed by atoms with Gasteiger partial charge in [-0.25, -0.2) is 0 Å². The zero-order valence-electron chi connectivity index (χ0n) is 27.3. The van der Waals surface area contributed by atoms with Crippen LogP contribution in [0.4, 0.5) is 0 Å². The summed E-state index contributed by atoms with van der Waals surface area (Å²) in [5, 5.41) is 42.7. The maximum atomic E-state index is 10.7. The Morgan fingerprint density at radius 2 is 0.938 bits per heavy atom. The molecule has 0 radical (unpaired) electrons. The first-order chi connectivity index (χ1) is 23.1. The molecule has 4 rings (SSSR count). The van der Waals surface area contributed by atoms with Gasteiger partial charge in [-0.2, -0.15) is 0 Å². The van der Waals surface area contributed by atoms with Crippen LogP contribution < -0.4 is 20.1 Å². The number of ether oxygens (including phenoxy) is 2. The molecule has 0 spiro atoms. The number of nitrogens with one attached hydrogen (secondary N) is 2. The van der Waals surface area contributed by atoms with Crippen LogP contribution in [0, 0.1) is 13.8 Å². The van der Waals surface area contributed by atoms with E-state index in [0.29, 0.717) is 26.3 Å². The van der Waals surface area contributed by atoms with Crippen molar-refractivity contribution >= 4 is 11.9 Å². The molecule has 0 aliphatic carbocycles. The van der Waals surface area contributed by atoms with Gasteiger partial charge in [0, 0.05) is 26.2 Å². The van der Waals surface area contributed by atoms with Crippen molar-refractivity contribution in [2.75, 3.05) is 39.4 Å². The fourth-order valence-corrected chi connectivity index (χ4v) is 5.51. The van der Waals surface area contributed by atoms with Gasteiger partial charge in [0.25, 0.3) is 0 Å². The normalized spacial score (nSPS) is 12.3. The van der Waals surface area contributed by atoms with Crippen LogP contribution in [0.5, 0.6) is 11.5 Å². The Labute approximate surface area is 281 Å². The van der Waals surface area contributed by atoms with Crippen molar-refractivity contribution in [1.82, 2.24) is 10.6 Å². The standard InChI is InChI=1S/C38H44N2O8/c1-25-33(27-9-13-31(14-10-27)47-19-17-39-23-29(41)21-37(43)44)5-3-7-35(25)36-8-4-6-34(26(36)2)28-11-15-32(16-12-28)48-20-18-40-24-30(42)22-38(45)46/h3-16,29-30,39-42H,17-24H2,1-2H3,(H,43,44)(H,45,46)/t29-,30-/m0/s1. The van der Waals surface area contributed by atoms with E-state index < -0.39 is 24.1 Å². The average molecular weight is 657 g/mol. The Kier molecular flexibility index (Phi) is 13.5. The van der Waals surface area contributed by atoms with E-state index in [1.54, 1.807) is 0 Å². The second kappa shape index (κ2) is 18.0. The fourth-order valence-electron chi connectivity index (χ4n) is 5.51. The van der Waals surface area contributed by atoms with E-state index in [-0.39, 0.29) is 25.9 Å². The third-order valence-corrected chi connectivity index (χ3v) is 7.96. The monoisotopic (exact) mass is 656 g/mol. The number of aliphatic hydroxyl groups excluding tert-OH is 2. The molecule has 254 valence electrons. The minimum absolute atomic E-state index is 0.195. The molecule has 48 heavy (non-hydrogen) atoms. The Morgan fingerprint density at radius 3 is 1.29 bits per heavy atom. The summed E-state index contributed by atoms with van der Waals surface area (Å²) >= 11 is 0. The second-order valence-electron chi connectivity index (χ2n) is 11.6. The van der Waals surface area contributed by atoms with Gasteiger partial charge in [0.1, 0.15) is 24.7 Å². The van der Waals surface area contributed by atoms with Crippen molar-refractivity contribution in [1.29, 1.82) is 0 Å². The molecule has 10 nitrogen and oxygen atoms in total. The molecule has 0 bridgehead atoms. The van der Waals surface area contributed by atoms with Gasteiger partial charge >= 0.3 is 11.9 Å². The molecular formula is C38H44N2O8. The van der Waals surface area contributed by atoms with Gasteiger partial charge in [-0.05, 0) is 82.6 Å². The predicted octanol–water partition coefficient (Wildman–Crippen LogP) is 4.91. The first-order valence-corrected chi connectivity index (χ1v) is 16.0. The van der Waals surface area contributed by atoms with Crippen LogP contribution in [0.3, 0.4) is 0 Å². The number of hydrogen-bond acceptors (Lipinski definition) is 8. The highest BCUT2D eigenvalue weighted by Crippen LogP contribution is 2.37. The number of aliphatic hydroxyl groups is 2. The molecule has 6 N–H and O–H groups in total. The van der Waals surface area contributed by atoms with E-state index in [9.17, 15) is 19.8 Å². The minimum atomic E-state index is -1.03. The van der Waals surface area contributed by atoms with Gasteiger partial charge in [0.15, 0.2) is 0 Å². The second-order valence-corrected chi connectivity index (χ2v) is 11.6. The molecule has 0 aliphatic rings. The van der Waals surface area contributed by atoms with E-state index in [4.69, 9.17) is 19.7 Å². The van der Waals surface area contributed by atoms with E-state index in [1.165, 1.54) is 11.1 Å². The van der Waals surface area contributed by atoms with Crippen LogP contribution in [-0.2, 0) is 9.59 Å². The Balaban J connectivity index is 1.36. The molecule has 0 aliphatic heterocycles. The van der Waals surface area contributed by atoms with Gasteiger partial charge in [0.2, 0.25) is 0 Å². The maximum absolute atomic E-state index is 10.7. The average Bonchev–Trinajstić information content (AvgIpc) is 3.05. The third kappa shape index (κ3) is 10.6. The molecule has 0 saturated carbocycles. The summed E-state index contributed by atoms with van der Waals surface area (Å²) in [7, 11) is 0. The van der Waals surface area contributed by atoms with Crippen LogP contribution in [0.15, 0.2) is 84.9 Å². The van der Waals surface area contributed by atoms with Crippen LogP contribution in [0.1, 0.15) is 24.0 Å². The number of carboxylic acids is 2. The summed E-state index contributed by atoms with van der Waals surface area (Å²) in [6, 6.07) is 28.6. The summed E-state index contributed by atoms with van der Waals surface area (Å²) in [6.45, 7) is 6.41. The van der Waals surface area contributed by atoms with E-state index >= 15 is 0 Å². The number of aliphatic carboxylic acids is 2. The quantitative estimate of drug-likeness (QED) is 0.0767. The summed E-state index contributed by atoms with van der Waals surface area (Å²) in [5.74, 6) is -0.606. The van der Waals surface area contributed by atoms with Gasteiger partial charge in [0.05, 0.1) is 25.0 Å². The van der Waals surface area contributed by atoms with Crippen LogP contribution in [0.25, 0.3) is 33.4 Å². The molecule has 0 fully saturated rings. The summed E-state index contributed by atoms with van der Waals surface area (Å²) < 4.78 is 11.6. The Morgan fingerprint density at radius 1 is 0.583 bits per heavy atom. The van der Waals surface area contributed by atoms with Crippen LogP contribution >= 0.6 is 0 Å². The topological polar surface area (TPSA) is 158 Å². The molecule has 10 heteroatoms. The molecule has 0 amide bonds. The van der Waals surface area contributed by atoms with E-state index in [2.05, 4.69) is 60.9 Å². The lowest BCUT2D eigenvalue weighted by Crippen LogP contribution is -2.31. The summed E-state index contributed by atoms with van der Waals surface area (Å²) in [6.07, 6.45) is -2.44. The highest BCUT2D eigenvalue weighted by Gasteiger charge is 2.14.